The van der Waals surface area contributed by atoms with E-state index in [-0.39, 0.29) is 5.70 Å². The van der Waals surface area contributed by atoms with Crippen molar-refractivity contribution in [3.05, 3.63) is 48.3 Å². The molecule has 1 aromatic carbocycles. The highest BCUT2D eigenvalue weighted by Crippen LogP contribution is 2.20. The van der Waals surface area contributed by atoms with Crippen molar-refractivity contribution in [2.24, 2.45) is 5.73 Å². The van der Waals surface area contributed by atoms with E-state index < -0.39 is 5.91 Å². The Labute approximate surface area is 128 Å². The van der Waals surface area contributed by atoms with Crippen molar-refractivity contribution in [3.63, 3.8) is 0 Å². The minimum atomic E-state index is -0.544. The molecule has 1 amide bonds. The maximum Gasteiger partial charge on any atom is 0.264 e. The summed E-state index contributed by atoms with van der Waals surface area (Å²) in [6.45, 7) is 1.91. The van der Waals surface area contributed by atoms with E-state index in [4.69, 9.17) is 18.0 Å². The van der Waals surface area contributed by atoms with Crippen molar-refractivity contribution >= 4 is 39.8 Å². The van der Waals surface area contributed by atoms with Crippen LogP contribution in [-0.2, 0) is 4.79 Å². The van der Waals surface area contributed by atoms with Crippen molar-refractivity contribution in [3.8, 4) is 0 Å². The minimum Gasteiger partial charge on any atom is -0.364 e. The third-order valence-electron chi connectivity index (χ3n) is 2.80. The van der Waals surface area contributed by atoms with Gasteiger partial charge in [-0.1, -0.05) is 31.2 Å². The summed E-state index contributed by atoms with van der Waals surface area (Å²) in [5.41, 5.74) is 7.15. The molecule has 108 valence electrons. The third kappa shape index (κ3) is 3.76. The number of hydrogen-bond donors (Lipinski definition) is 3. The van der Waals surface area contributed by atoms with Gasteiger partial charge in [0.25, 0.3) is 5.91 Å². The Morgan fingerprint density at radius 3 is 2.86 bits per heavy atom. The lowest BCUT2D eigenvalue weighted by atomic mass is 10.2. The van der Waals surface area contributed by atoms with Gasteiger partial charge in [-0.2, -0.15) is 0 Å². The average molecular weight is 300 g/mol. The average Bonchev–Trinajstić information content (AvgIpc) is 2.47. The second-order valence-corrected chi connectivity index (χ2v) is 4.76. The van der Waals surface area contributed by atoms with Gasteiger partial charge in [0, 0.05) is 11.6 Å². The highest BCUT2D eigenvalue weighted by Gasteiger charge is 2.08. The largest absolute Gasteiger partial charge is 0.364 e. The number of pyridine rings is 1. The Morgan fingerprint density at radius 1 is 1.38 bits per heavy atom. The molecule has 0 saturated carbocycles. The van der Waals surface area contributed by atoms with Gasteiger partial charge in [-0.25, -0.2) is 0 Å². The Bertz CT molecular complexity index is 706. The number of hydrogen-bond acceptors (Lipinski definition) is 3. The van der Waals surface area contributed by atoms with E-state index in [0.717, 1.165) is 16.6 Å². The zero-order valence-corrected chi connectivity index (χ0v) is 12.4. The van der Waals surface area contributed by atoms with Crippen molar-refractivity contribution in [1.82, 2.24) is 10.3 Å². The molecule has 2 aromatic rings. The first-order valence-electron chi connectivity index (χ1n) is 6.53. The van der Waals surface area contributed by atoms with Crippen LogP contribution in [0.5, 0.6) is 0 Å². The van der Waals surface area contributed by atoms with Crippen LogP contribution in [0, 0.1) is 0 Å². The number of carbonyl (C=O) groups excluding carboxylic acids is 1. The van der Waals surface area contributed by atoms with Crippen LogP contribution in [0.2, 0.25) is 0 Å². The topological polar surface area (TPSA) is 80.0 Å². The molecule has 6 heteroatoms. The summed E-state index contributed by atoms with van der Waals surface area (Å²) in [6, 6.07) is 9.59. The van der Waals surface area contributed by atoms with Gasteiger partial charge in [0.05, 0.1) is 11.2 Å². The summed E-state index contributed by atoms with van der Waals surface area (Å²) in [7, 11) is 0. The molecule has 0 aliphatic carbocycles. The molecular weight excluding hydrogens is 284 g/mol. The molecule has 0 aliphatic rings. The van der Waals surface area contributed by atoms with Crippen LogP contribution in [-0.4, -0.2) is 16.0 Å². The van der Waals surface area contributed by atoms with Crippen LogP contribution in [0.15, 0.2) is 48.3 Å². The van der Waals surface area contributed by atoms with E-state index in [9.17, 15) is 4.79 Å². The number of nitrogens with one attached hydrogen (secondary N) is 2. The molecule has 0 aliphatic heterocycles. The molecule has 0 atom stereocenters. The molecule has 4 N–H and O–H groups in total. The fraction of sp³-hybridized carbons (Fsp3) is 0.133. The maximum absolute atomic E-state index is 11.3. The van der Waals surface area contributed by atoms with Crippen molar-refractivity contribution in [2.45, 2.75) is 13.3 Å². The summed E-state index contributed by atoms with van der Waals surface area (Å²) in [6.07, 6.45) is 4.09. The number of primary amides is 1. The van der Waals surface area contributed by atoms with Gasteiger partial charge in [0.1, 0.15) is 5.70 Å². The molecule has 0 spiro atoms. The zero-order valence-electron chi connectivity index (χ0n) is 11.6. The lowest BCUT2D eigenvalue weighted by Gasteiger charge is -2.12. The number of para-hydroxylation sites is 1. The number of nitrogens with two attached hydrogens (primary N) is 1. The summed E-state index contributed by atoms with van der Waals surface area (Å²) >= 11 is 5.21. The summed E-state index contributed by atoms with van der Waals surface area (Å²) in [4.78, 5) is 15.6. The first kappa shape index (κ1) is 14.9. The van der Waals surface area contributed by atoms with Crippen LogP contribution in [0.25, 0.3) is 10.9 Å². The molecule has 2 rings (SSSR count). The van der Waals surface area contributed by atoms with Crippen molar-refractivity contribution in [1.29, 1.82) is 0 Å². The predicted molar refractivity (Wildman–Crippen MR) is 88.7 cm³/mol. The quantitative estimate of drug-likeness (QED) is 0.596. The number of amides is 1. The van der Waals surface area contributed by atoms with E-state index in [0.29, 0.717) is 11.5 Å². The molecule has 21 heavy (non-hydrogen) atoms. The molecule has 1 aromatic heterocycles. The van der Waals surface area contributed by atoms with Gasteiger partial charge in [-0.15, -0.1) is 0 Å². The number of carbonyl (C=O) groups is 1. The van der Waals surface area contributed by atoms with Crippen LogP contribution in [0.3, 0.4) is 0 Å². The third-order valence-corrected chi connectivity index (χ3v) is 3.01. The van der Waals surface area contributed by atoms with Crippen LogP contribution < -0.4 is 16.4 Å². The highest BCUT2D eigenvalue weighted by molar-refractivity contribution is 7.80. The van der Waals surface area contributed by atoms with E-state index in [1.165, 1.54) is 0 Å². The Hall–Kier alpha value is -2.47. The molecular formula is C15H16N4OS. The zero-order chi connectivity index (χ0) is 15.2. The van der Waals surface area contributed by atoms with E-state index >= 15 is 0 Å². The number of rotatable bonds is 4. The van der Waals surface area contributed by atoms with Gasteiger partial charge in [0.15, 0.2) is 5.11 Å². The molecule has 0 unspecified atom stereocenters. The monoisotopic (exact) mass is 300 g/mol. The highest BCUT2D eigenvalue weighted by atomic mass is 32.1. The maximum atomic E-state index is 11.3. The van der Waals surface area contributed by atoms with Crippen LogP contribution in [0.4, 0.5) is 5.69 Å². The van der Waals surface area contributed by atoms with Gasteiger partial charge in [-0.3, -0.25) is 9.78 Å². The SMILES string of the molecule is CC/C=C(/NC(=S)Nc1cccc2cccnc12)C(N)=O. The number of thiocarbonyl (C=S) groups is 1. The Balaban J connectivity index is 2.19. The standard InChI is InChI=1S/C15H16N4OS/c1-2-5-12(14(16)20)19-15(21)18-11-8-3-6-10-7-4-9-17-13(10)11/h3-9H,2H2,1H3,(H2,16,20)(H2,18,19,21)/b12-5+. The van der Waals surface area contributed by atoms with E-state index in [2.05, 4.69) is 15.6 Å². The smallest absolute Gasteiger partial charge is 0.264 e. The van der Waals surface area contributed by atoms with E-state index in [1.54, 1.807) is 12.3 Å². The van der Waals surface area contributed by atoms with Crippen LogP contribution >= 0.6 is 12.2 Å². The summed E-state index contributed by atoms with van der Waals surface area (Å²) in [5.74, 6) is -0.544. The molecule has 0 radical (unpaired) electrons. The lowest BCUT2D eigenvalue weighted by Crippen LogP contribution is -2.34. The van der Waals surface area contributed by atoms with Gasteiger partial charge < -0.3 is 16.4 Å². The van der Waals surface area contributed by atoms with E-state index in [1.807, 2.05) is 37.3 Å². The summed E-state index contributed by atoms with van der Waals surface area (Å²) in [5, 5.41) is 7.15. The van der Waals surface area contributed by atoms with Gasteiger partial charge in [-0.05, 0) is 30.8 Å². The predicted octanol–water partition coefficient (Wildman–Crippen LogP) is 2.30. The number of anilines is 1. The minimum absolute atomic E-state index is 0.281. The number of aromatic nitrogens is 1. The fourth-order valence-electron chi connectivity index (χ4n) is 1.90. The van der Waals surface area contributed by atoms with Crippen molar-refractivity contribution < 1.29 is 4.79 Å². The molecule has 1 heterocycles. The molecule has 0 fully saturated rings. The second-order valence-electron chi connectivity index (χ2n) is 4.35. The van der Waals surface area contributed by atoms with Crippen molar-refractivity contribution in [2.75, 3.05) is 5.32 Å². The van der Waals surface area contributed by atoms with Gasteiger partial charge >= 0.3 is 0 Å². The summed E-state index contributed by atoms with van der Waals surface area (Å²) < 4.78 is 0. The molecule has 5 nitrogen and oxygen atoms in total. The normalized spacial score (nSPS) is 11.2. The first-order chi connectivity index (χ1) is 10.1. The van der Waals surface area contributed by atoms with Gasteiger partial charge in [0.2, 0.25) is 0 Å². The molecule has 0 bridgehead atoms. The second kappa shape index (κ2) is 6.81. The number of nitrogens with zero attached hydrogens (tertiary/aromatic N) is 1. The first-order valence-corrected chi connectivity index (χ1v) is 6.94. The Morgan fingerprint density at radius 2 is 2.14 bits per heavy atom. The number of fused-ring (bicyclic) bond motifs is 1. The van der Waals surface area contributed by atoms with Crippen LogP contribution in [0.1, 0.15) is 13.3 Å². The molecule has 0 saturated heterocycles. The number of benzene rings is 1. The Kier molecular flexibility index (Phi) is 4.84. The fourth-order valence-corrected chi connectivity index (χ4v) is 2.12. The number of allylic oxidation sites excluding steroid dienone is 1. The lowest BCUT2D eigenvalue weighted by molar-refractivity contribution is -0.114.